The van der Waals surface area contributed by atoms with Crippen molar-refractivity contribution in [3.63, 3.8) is 0 Å². The van der Waals surface area contributed by atoms with Crippen LogP contribution in [-0.2, 0) is 0 Å². The second kappa shape index (κ2) is 11.5. The van der Waals surface area contributed by atoms with Crippen LogP contribution in [-0.4, -0.2) is 30.8 Å². The first-order chi connectivity index (χ1) is 11.6. The summed E-state index contributed by atoms with van der Waals surface area (Å²) in [6, 6.07) is 0. The highest BCUT2D eigenvalue weighted by molar-refractivity contribution is 14.0. The summed E-state index contributed by atoms with van der Waals surface area (Å²) in [6.07, 6.45) is 8.73. The van der Waals surface area contributed by atoms with Crippen LogP contribution in [0.3, 0.4) is 0 Å². The number of hydrogen-bond donors (Lipinski definition) is 2. The summed E-state index contributed by atoms with van der Waals surface area (Å²) < 4.78 is 5.27. The highest BCUT2D eigenvalue weighted by Gasteiger charge is 2.16. The highest BCUT2D eigenvalue weighted by Crippen LogP contribution is 2.23. The fraction of sp³-hybridized carbons (Fsp3) is 0.684. The first-order valence-electron chi connectivity index (χ1n) is 9.24. The molecule has 1 atom stereocenters. The zero-order valence-electron chi connectivity index (χ0n) is 16.0. The summed E-state index contributed by atoms with van der Waals surface area (Å²) in [5.74, 6) is 2.10. The van der Waals surface area contributed by atoms with Crippen LogP contribution in [0, 0.1) is 13.8 Å². The Kier molecular flexibility index (Phi) is 10.2. The summed E-state index contributed by atoms with van der Waals surface area (Å²) >= 11 is 0. The van der Waals surface area contributed by atoms with Crippen molar-refractivity contribution in [1.29, 1.82) is 0 Å². The normalized spacial score (nSPS) is 16.0. The predicted octanol–water partition coefficient (Wildman–Crippen LogP) is 4.46. The molecule has 2 rings (SSSR count). The van der Waals surface area contributed by atoms with E-state index >= 15 is 0 Å². The quantitative estimate of drug-likeness (QED) is 0.273. The van der Waals surface area contributed by atoms with E-state index in [-0.39, 0.29) is 24.0 Å². The van der Waals surface area contributed by atoms with Gasteiger partial charge < -0.3 is 15.2 Å². The molecule has 1 aliphatic carbocycles. The minimum atomic E-state index is 0. The van der Waals surface area contributed by atoms with Crippen LogP contribution in [0.15, 0.2) is 21.2 Å². The van der Waals surface area contributed by atoms with E-state index < -0.39 is 0 Å². The third-order valence-electron chi connectivity index (χ3n) is 4.57. The van der Waals surface area contributed by atoms with Gasteiger partial charge in [0.2, 0.25) is 0 Å². The van der Waals surface area contributed by atoms with E-state index in [1.807, 2.05) is 13.8 Å². The molecule has 0 radical (unpaired) electrons. The molecule has 0 saturated heterocycles. The number of allylic oxidation sites excluding steroid dienone is 1. The van der Waals surface area contributed by atoms with Crippen LogP contribution >= 0.6 is 24.0 Å². The van der Waals surface area contributed by atoms with Crippen molar-refractivity contribution in [1.82, 2.24) is 15.8 Å². The maximum atomic E-state index is 5.27. The molecule has 1 aliphatic rings. The van der Waals surface area contributed by atoms with Crippen LogP contribution in [0.4, 0.5) is 0 Å². The minimum Gasteiger partial charge on any atom is -0.361 e. The van der Waals surface area contributed by atoms with E-state index in [4.69, 9.17) is 9.52 Å². The highest BCUT2D eigenvalue weighted by atomic mass is 127. The topological polar surface area (TPSA) is 62.5 Å². The number of aromatic nitrogens is 1. The van der Waals surface area contributed by atoms with E-state index in [2.05, 4.69) is 35.7 Å². The number of halogens is 1. The molecule has 0 aromatic carbocycles. The molecule has 0 aliphatic heterocycles. The molecular formula is C19H33IN4O. The summed E-state index contributed by atoms with van der Waals surface area (Å²) in [7, 11) is 0. The molecule has 6 heteroatoms. The lowest BCUT2D eigenvalue weighted by Crippen LogP contribution is -2.38. The van der Waals surface area contributed by atoms with Crippen LogP contribution in [0.5, 0.6) is 0 Å². The maximum Gasteiger partial charge on any atom is 0.191 e. The van der Waals surface area contributed by atoms with Gasteiger partial charge in [-0.2, -0.15) is 0 Å². The Labute approximate surface area is 169 Å². The van der Waals surface area contributed by atoms with Gasteiger partial charge in [0.1, 0.15) is 5.76 Å². The monoisotopic (exact) mass is 460 g/mol. The van der Waals surface area contributed by atoms with Crippen LogP contribution in [0.25, 0.3) is 0 Å². The molecule has 0 fully saturated rings. The molecule has 5 nitrogen and oxygen atoms in total. The summed E-state index contributed by atoms with van der Waals surface area (Å²) in [6.45, 7) is 10.8. The SMILES string of the molecule is CCNC(=NCC(C)c1c(C)noc1C)NCCC1=CCCCC1.I. The fourth-order valence-electron chi connectivity index (χ4n) is 3.33. The maximum absolute atomic E-state index is 5.27. The van der Waals surface area contributed by atoms with Crippen molar-refractivity contribution >= 4 is 29.9 Å². The molecule has 25 heavy (non-hydrogen) atoms. The molecule has 0 bridgehead atoms. The first kappa shape index (κ1) is 22.0. The van der Waals surface area contributed by atoms with Gasteiger partial charge in [0, 0.05) is 31.1 Å². The van der Waals surface area contributed by atoms with Gasteiger partial charge in [0.05, 0.1) is 5.69 Å². The van der Waals surface area contributed by atoms with E-state index in [1.54, 1.807) is 5.57 Å². The van der Waals surface area contributed by atoms with Gasteiger partial charge in [-0.1, -0.05) is 23.7 Å². The number of aryl methyl sites for hydroxylation is 2. The minimum absolute atomic E-state index is 0. The van der Waals surface area contributed by atoms with E-state index in [1.165, 1.54) is 31.2 Å². The smallest absolute Gasteiger partial charge is 0.191 e. The van der Waals surface area contributed by atoms with Crippen molar-refractivity contribution in [2.45, 2.75) is 65.7 Å². The Hall–Kier alpha value is -1.05. The molecule has 1 aromatic rings. The van der Waals surface area contributed by atoms with Gasteiger partial charge in [-0.15, -0.1) is 24.0 Å². The third kappa shape index (κ3) is 6.99. The van der Waals surface area contributed by atoms with Gasteiger partial charge in [-0.3, -0.25) is 4.99 Å². The Balaban J connectivity index is 0.00000312. The molecule has 142 valence electrons. The summed E-state index contributed by atoms with van der Waals surface area (Å²) in [4.78, 5) is 4.74. The van der Waals surface area contributed by atoms with Gasteiger partial charge >= 0.3 is 0 Å². The van der Waals surface area contributed by atoms with E-state index in [0.29, 0.717) is 5.92 Å². The number of nitrogens with one attached hydrogen (secondary N) is 2. The molecule has 0 spiro atoms. The van der Waals surface area contributed by atoms with Gasteiger partial charge in [0.25, 0.3) is 0 Å². The first-order valence-corrected chi connectivity index (χ1v) is 9.24. The lowest BCUT2D eigenvalue weighted by atomic mass is 9.97. The molecule has 0 saturated carbocycles. The zero-order chi connectivity index (χ0) is 17.4. The largest absolute Gasteiger partial charge is 0.361 e. The predicted molar refractivity (Wildman–Crippen MR) is 115 cm³/mol. The molecule has 1 unspecified atom stereocenters. The lowest BCUT2D eigenvalue weighted by molar-refractivity contribution is 0.391. The molecule has 2 N–H and O–H groups in total. The Morgan fingerprint density at radius 2 is 2.12 bits per heavy atom. The number of nitrogens with zero attached hydrogens (tertiary/aromatic N) is 2. The zero-order valence-corrected chi connectivity index (χ0v) is 18.4. The fourth-order valence-corrected chi connectivity index (χ4v) is 3.33. The van der Waals surface area contributed by atoms with Crippen molar-refractivity contribution < 1.29 is 4.52 Å². The van der Waals surface area contributed by atoms with E-state index in [0.717, 1.165) is 43.5 Å². The molecule has 1 aromatic heterocycles. The molecular weight excluding hydrogens is 427 g/mol. The van der Waals surface area contributed by atoms with Crippen LogP contribution < -0.4 is 10.6 Å². The number of guanidine groups is 1. The second-order valence-corrected chi connectivity index (χ2v) is 6.64. The Bertz CT molecular complexity index is 560. The number of hydrogen-bond acceptors (Lipinski definition) is 3. The van der Waals surface area contributed by atoms with Gasteiger partial charge in [-0.05, 0) is 52.9 Å². The standard InChI is InChI=1S/C19H32N4O.HI/c1-5-20-19(21-12-11-17-9-7-6-8-10-17)22-13-14(2)18-15(3)23-24-16(18)4;/h9,14H,5-8,10-13H2,1-4H3,(H2,20,21,22);1H. The number of aliphatic imine (C=N–C) groups is 1. The summed E-state index contributed by atoms with van der Waals surface area (Å²) in [5.41, 5.74) is 3.74. The van der Waals surface area contributed by atoms with Crippen molar-refractivity contribution in [3.8, 4) is 0 Å². The molecule has 0 amide bonds. The van der Waals surface area contributed by atoms with Crippen LogP contribution in [0.1, 0.15) is 68.9 Å². The number of rotatable bonds is 7. The van der Waals surface area contributed by atoms with Crippen molar-refractivity contribution in [2.24, 2.45) is 4.99 Å². The Morgan fingerprint density at radius 1 is 1.32 bits per heavy atom. The average molecular weight is 460 g/mol. The molecule has 1 heterocycles. The van der Waals surface area contributed by atoms with Crippen molar-refractivity contribution in [3.05, 3.63) is 28.7 Å². The van der Waals surface area contributed by atoms with Gasteiger partial charge in [0.15, 0.2) is 5.96 Å². The summed E-state index contributed by atoms with van der Waals surface area (Å²) in [5, 5.41) is 10.8. The average Bonchev–Trinajstić information content (AvgIpc) is 2.92. The Morgan fingerprint density at radius 3 is 2.72 bits per heavy atom. The lowest BCUT2D eigenvalue weighted by Gasteiger charge is -2.16. The van der Waals surface area contributed by atoms with Crippen molar-refractivity contribution in [2.75, 3.05) is 19.6 Å². The third-order valence-corrected chi connectivity index (χ3v) is 4.57. The van der Waals surface area contributed by atoms with Crippen LogP contribution in [0.2, 0.25) is 0 Å². The second-order valence-electron chi connectivity index (χ2n) is 6.64. The van der Waals surface area contributed by atoms with E-state index in [9.17, 15) is 0 Å². The van der Waals surface area contributed by atoms with Gasteiger partial charge in [-0.25, -0.2) is 0 Å².